The van der Waals surface area contributed by atoms with E-state index in [0.29, 0.717) is 0 Å². The largest absolute Gasteiger partial charge is 0.383 e. The summed E-state index contributed by atoms with van der Waals surface area (Å²) >= 11 is 0. The summed E-state index contributed by atoms with van der Waals surface area (Å²) in [4.78, 5) is 12.0. The van der Waals surface area contributed by atoms with Gasteiger partial charge in [-0.2, -0.15) is 13.7 Å². The summed E-state index contributed by atoms with van der Waals surface area (Å²) in [6.07, 6.45) is 5.94. The van der Waals surface area contributed by atoms with Crippen molar-refractivity contribution in [2.75, 3.05) is 5.32 Å². The highest BCUT2D eigenvalue weighted by molar-refractivity contribution is 7.85. The number of hydrogen-bond acceptors (Lipinski definition) is 5. The van der Waals surface area contributed by atoms with E-state index in [1.54, 1.807) is 0 Å². The van der Waals surface area contributed by atoms with E-state index in [-0.39, 0.29) is 22.2 Å². The number of nitrogens with zero attached hydrogens (tertiary/aromatic N) is 1. The van der Waals surface area contributed by atoms with Crippen LogP contribution < -0.4 is 10.6 Å². The van der Waals surface area contributed by atoms with Crippen LogP contribution in [0.4, 0.5) is 5.69 Å². The first kappa shape index (κ1) is 21.6. The lowest BCUT2D eigenvalue weighted by molar-refractivity contribution is -0.112. The molecule has 8 heteroatoms. The van der Waals surface area contributed by atoms with Crippen molar-refractivity contribution >= 4 is 21.7 Å². The zero-order valence-corrected chi connectivity index (χ0v) is 17.4. The summed E-state index contributed by atoms with van der Waals surface area (Å²) in [5, 5.41) is 14.9. The number of benzene rings is 2. The summed E-state index contributed by atoms with van der Waals surface area (Å²) < 4.78 is 31.6. The topological polar surface area (TPSA) is 119 Å². The molecule has 1 unspecified atom stereocenters. The maximum atomic E-state index is 12.4. The van der Waals surface area contributed by atoms with E-state index >= 15 is 0 Å². The number of amides is 1. The molecule has 2 aromatic carbocycles. The fraction of sp³-hybridized carbons (Fsp3) is 0.273. The van der Waals surface area contributed by atoms with Crippen LogP contribution in [0.2, 0.25) is 0 Å². The highest BCUT2D eigenvalue weighted by Gasteiger charge is 2.15. The Labute approximate surface area is 176 Å². The first-order valence-electron chi connectivity index (χ1n) is 9.65. The Morgan fingerprint density at radius 2 is 1.90 bits per heavy atom. The van der Waals surface area contributed by atoms with Crippen molar-refractivity contribution in [2.45, 2.75) is 43.5 Å². The molecule has 0 radical (unpaired) electrons. The summed E-state index contributed by atoms with van der Waals surface area (Å²) in [6.45, 7) is 1.95. The highest BCUT2D eigenvalue weighted by atomic mass is 32.2. The highest BCUT2D eigenvalue weighted by Crippen LogP contribution is 2.25. The maximum Gasteiger partial charge on any atom is 0.294 e. The standard InChI is InChI=1S/C22H23N3O4S/c1-15(17-10-9-16-5-2-3-6-18(16)11-17)24-14-19(13-23)22(26)25-20-7-4-8-21(12-20)30(27,28)29/h4,7-12,14-15,24H,2-3,5-6H2,1H3,(H,25,26)(H,27,28,29)/b19-14-. The zero-order valence-electron chi connectivity index (χ0n) is 16.6. The molecule has 7 nitrogen and oxygen atoms in total. The molecule has 0 saturated heterocycles. The predicted molar refractivity (Wildman–Crippen MR) is 113 cm³/mol. The van der Waals surface area contributed by atoms with Crippen molar-refractivity contribution in [2.24, 2.45) is 0 Å². The molecule has 1 aliphatic rings. The summed E-state index contributed by atoms with van der Waals surface area (Å²) in [5.74, 6) is -0.685. The maximum absolute atomic E-state index is 12.4. The van der Waals surface area contributed by atoms with Gasteiger partial charge in [-0.1, -0.05) is 24.3 Å². The Morgan fingerprint density at radius 1 is 1.17 bits per heavy atom. The molecule has 3 rings (SSSR count). The molecule has 1 aliphatic carbocycles. The van der Waals surface area contributed by atoms with Crippen LogP contribution in [-0.2, 0) is 27.8 Å². The SMILES string of the molecule is CC(N/C=C(/C#N)C(=O)Nc1cccc(S(=O)(=O)O)c1)c1ccc2c(c1)CCCC2. The van der Waals surface area contributed by atoms with Crippen molar-refractivity contribution in [3.63, 3.8) is 0 Å². The first-order valence-corrected chi connectivity index (χ1v) is 11.1. The van der Waals surface area contributed by atoms with Crippen LogP contribution >= 0.6 is 0 Å². The van der Waals surface area contributed by atoms with Gasteiger partial charge in [-0.15, -0.1) is 0 Å². The van der Waals surface area contributed by atoms with Gasteiger partial charge in [0, 0.05) is 17.9 Å². The molecule has 3 N–H and O–H groups in total. The molecule has 156 valence electrons. The summed E-state index contributed by atoms with van der Waals surface area (Å²) in [5.41, 5.74) is 3.81. The van der Waals surface area contributed by atoms with Gasteiger partial charge in [0.05, 0.1) is 4.90 Å². The van der Waals surface area contributed by atoms with Crippen molar-refractivity contribution < 1.29 is 17.8 Å². The molecule has 0 spiro atoms. The van der Waals surface area contributed by atoms with Crippen molar-refractivity contribution in [1.29, 1.82) is 5.26 Å². The Hall–Kier alpha value is -3.15. The van der Waals surface area contributed by atoms with Gasteiger partial charge in [-0.05, 0) is 67.5 Å². The van der Waals surface area contributed by atoms with Gasteiger partial charge in [0.1, 0.15) is 11.6 Å². The molecule has 1 atom stereocenters. The van der Waals surface area contributed by atoms with Crippen LogP contribution in [-0.4, -0.2) is 18.9 Å². The molecule has 0 aliphatic heterocycles. The van der Waals surface area contributed by atoms with Gasteiger partial charge in [0.15, 0.2) is 0 Å². The number of hydrogen-bond donors (Lipinski definition) is 3. The lowest BCUT2D eigenvalue weighted by Crippen LogP contribution is -2.19. The number of nitriles is 1. The minimum absolute atomic E-state index is 0.101. The van der Waals surface area contributed by atoms with E-state index in [1.165, 1.54) is 48.4 Å². The second-order valence-corrected chi connectivity index (χ2v) is 8.67. The first-order chi connectivity index (χ1) is 14.3. The fourth-order valence-corrected chi connectivity index (χ4v) is 3.94. The van der Waals surface area contributed by atoms with Gasteiger partial charge >= 0.3 is 0 Å². The fourth-order valence-electron chi connectivity index (χ4n) is 3.41. The van der Waals surface area contributed by atoms with E-state index in [2.05, 4.69) is 28.8 Å². The average Bonchev–Trinajstić information content (AvgIpc) is 2.73. The zero-order chi connectivity index (χ0) is 21.7. The van der Waals surface area contributed by atoms with Crippen LogP contribution in [0.15, 0.2) is 59.1 Å². The minimum Gasteiger partial charge on any atom is -0.383 e. The van der Waals surface area contributed by atoms with Gasteiger partial charge in [0.25, 0.3) is 16.0 Å². The third kappa shape index (κ3) is 5.26. The monoisotopic (exact) mass is 425 g/mol. The van der Waals surface area contributed by atoms with Gasteiger partial charge in [0.2, 0.25) is 0 Å². The third-order valence-corrected chi connectivity index (χ3v) is 5.95. The average molecular weight is 426 g/mol. The van der Waals surface area contributed by atoms with E-state index < -0.39 is 16.0 Å². The van der Waals surface area contributed by atoms with Crippen molar-refractivity contribution in [3.8, 4) is 6.07 Å². The Morgan fingerprint density at radius 3 is 2.60 bits per heavy atom. The Balaban J connectivity index is 1.69. The Kier molecular flexibility index (Phi) is 6.55. The van der Waals surface area contributed by atoms with E-state index in [0.717, 1.165) is 24.5 Å². The number of carbonyl (C=O) groups excluding carboxylic acids is 1. The Bertz CT molecular complexity index is 1130. The molecule has 0 heterocycles. The summed E-state index contributed by atoms with van der Waals surface area (Å²) in [7, 11) is -4.39. The van der Waals surface area contributed by atoms with E-state index in [1.807, 2.05) is 13.0 Å². The molecule has 30 heavy (non-hydrogen) atoms. The molecule has 0 bridgehead atoms. The molecule has 0 aromatic heterocycles. The van der Waals surface area contributed by atoms with Crippen molar-refractivity contribution in [1.82, 2.24) is 5.32 Å². The number of carbonyl (C=O) groups is 1. The quantitative estimate of drug-likeness (QED) is 0.370. The number of aryl methyl sites for hydroxylation is 2. The van der Waals surface area contributed by atoms with Gasteiger partial charge < -0.3 is 10.6 Å². The molecular weight excluding hydrogens is 402 g/mol. The number of fused-ring (bicyclic) bond motifs is 1. The van der Waals surface area contributed by atoms with E-state index in [9.17, 15) is 18.5 Å². The molecule has 1 amide bonds. The number of rotatable bonds is 6. The van der Waals surface area contributed by atoms with Crippen molar-refractivity contribution in [3.05, 3.63) is 70.9 Å². The second-order valence-electron chi connectivity index (χ2n) is 7.25. The third-order valence-electron chi connectivity index (χ3n) is 5.11. The van der Waals surface area contributed by atoms with Crippen LogP contribution in [0.1, 0.15) is 42.5 Å². The van der Waals surface area contributed by atoms with E-state index in [4.69, 9.17) is 4.55 Å². The molecular formula is C22H23N3O4S. The lowest BCUT2D eigenvalue weighted by atomic mass is 9.89. The van der Waals surface area contributed by atoms with Gasteiger partial charge in [-0.3, -0.25) is 9.35 Å². The number of anilines is 1. The number of nitrogens with one attached hydrogen (secondary N) is 2. The van der Waals surface area contributed by atoms with Crippen LogP contribution in [0, 0.1) is 11.3 Å². The molecule has 0 fully saturated rings. The second kappa shape index (κ2) is 9.11. The lowest BCUT2D eigenvalue weighted by Gasteiger charge is -2.19. The van der Waals surface area contributed by atoms with Crippen LogP contribution in [0.5, 0.6) is 0 Å². The van der Waals surface area contributed by atoms with Crippen LogP contribution in [0.25, 0.3) is 0 Å². The van der Waals surface area contributed by atoms with Gasteiger partial charge in [-0.25, -0.2) is 0 Å². The normalized spacial score (nSPS) is 14.9. The van der Waals surface area contributed by atoms with Crippen LogP contribution in [0.3, 0.4) is 0 Å². The molecule has 2 aromatic rings. The smallest absolute Gasteiger partial charge is 0.294 e. The minimum atomic E-state index is -4.39. The molecule has 0 saturated carbocycles. The summed E-state index contributed by atoms with van der Waals surface area (Å²) in [6, 6.07) is 13.3. The predicted octanol–water partition coefficient (Wildman–Crippen LogP) is 3.51.